The highest BCUT2D eigenvalue weighted by atomic mass is 19.4. The standard InChI is InChI=1S/C19H18F3N3O4/c20-19(21,22)14-6-7-16(17(12-14)25(27)28)23-8-10-24(11-9-23)18(26)13-29-15-4-2-1-3-5-15/h1-7,12H,8-11,13H2. The zero-order valence-electron chi connectivity index (χ0n) is 15.3. The molecule has 0 bridgehead atoms. The summed E-state index contributed by atoms with van der Waals surface area (Å²) >= 11 is 0. The lowest BCUT2D eigenvalue weighted by Gasteiger charge is -2.35. The summed E-state index contributed by atoms with van der Waals surface area (Å²) < 4.78 is 44.0. The number of amides is 1. The van der Waals surface area contributed by atoms with E-state index < -0.39 is 22.4 Å². The van der Waals surface area contributed by atoms with Gasteiger partial charge in [-0.05, 0) is 24.3 Å². The van der Waals surface area contributed by atoms with Gasteiger partial charge < -0.3 is 14.5 Å². The van der Waals surface area contributed by atoms with Gasteiger partial charge in [-0.2, -0.15) is 13.2 Å². The Balaban J connectivity index is 1.63. The van der Waals surface area contributed by atoms with E-state index in [9.17, 15) is 28.1 Å². The fraction of sp³-hybridized carbons (Fsp3) is 0.316. The molecule has 1 fully saturated rings. The second-order valence-corrected chi connectivity index (χ2v) is 6.43. The van der Waals surface area contributed by atoms with Crippen molar-refractivity contribution >= 4 is 17.3 Å². The number of ether oxygens (including phenoxy) is 1. The number of nitro groups is 1. The predicted octanol–water partition coefficient (Wildman–Crippen LogP) is 3.34. The fourth-order valence-corrected chi connectivity index (χ4v) is 3.06. The van der Waals surface area contributed by atoms with Gasteiger partial charge in [0.25, 0.3) is 11.6 Å². The Labute approximate surface area is 164 Å². The zero-order valence-corrected chi connectivity index (χ0v) is 15.3. The Morgan fingerprint density at radius 2 is 1.72 bits per heavy atom. The lowest BCUT2D eigenvalue weighted by Crippen LogP contribution is -2.50. The number of piperazine rings is 1. The number of alkyl halides is 3. The minimum Gasteiger partial charge on any atom is -0.484 e. The lowest BCUT2D eigenvalue weighted by molar-refractivity contribution is -0.384. The van der Waals surface area contributed by atoms with Crippen LogP contribution in [0.2, 0.25) is 0 Å². The number of halogens is 3. The first-order chi connectivity index (χ1) is 13.8. The van der Waals surface area contributed by atoms with E-state index in [1.54, 1.807) is 34.1 Å². The Morgan fingerprint density at radius 1 is 1.07 bits per heavy atom. The molecule has 0 aliphatic carbocycles. The van der Waals surface area contributed by atoms with Crippen molar-refractivity contribution in [3.8, 4) is 5.75 Å². The van der Waals surface area contributed by atoms with Crippen LogP contribution < -0.4 is 9.64 Å². The molecule has 7 nitrogen and oxygen atoms in total. The molecule has 2 aromatic carbocycles. The second kappa shape index (κ2) is 8.38. The molecule has 2 aromatic rings. The number of carbonyl (C=O) groups excluding carboxylic acids is 1. The van der Waals surface area contributed by atoms with E-state index in [4.69, 9.17) is 4.74 Å². The third kappa shape index (κ3) is 4.95. The van der Waals surface area contributed by atoms with E-state index >= 15 is 0 Å². The first kappa shape index (κ1) is 20.4. The maximum atomic E-state index is 12.8. The molecule has 3 rings (SSSR count). The van der Waals surface area contributed by atoms with Gasteiger partial charge in [0.2, 0.25) is 0 Å². The third-order valence-electron chi connectivity index (χ3n) is 4.58. The van der Waals surface area contributed by atoms with E-state index in [0.717, 1.165) is 12.1 Å². The number of anilines is 1. The Morgan fingerprint density at radius 3 is 2.31 bits per heavy atom. The van der Waals surface area contributed by atoms with Crippen molar-refractivity contribution in [3.63, 3.8) is 0 Å². The highest BCUT2D eigenvalue weighted by Crippen LogP contribution is 2.36. The van der Waals surface area contributed by atoms with Gasteiger partial charge in [0, 0.05) is 32.2 Å². The van der Waals surface area contributed by atoms with E-state index in [-0.39, 0.29) is 44.4 Å². The van der Waals surface area contributed by atoms with Gasteiger partial charge in [-0.25, -0.2) is 0 Å². The summed E-state index contributed by atoms with van der Waals surface area (Å²) in [6.45, 7) is 0.974. The summed E-state index contributed by atoms with van der Waals surface area (Å²) in [5.41, 5.74) is -1.57. The van der Waals surface area contributed by atoms with Crippen LogP contribution in [0.15, 0.2) is 48.5 Å². The minimum absolute atomic E-state index is 0.107. The van der Waals surface area contributed by atoms with Crippen LogP contribution >= 0.6 is 0 Å². The molecule has 1 aliphatic heterocycles. The number of nitro benzene ring substituents is 1. The first-order valence-corrected chi connectivity index (χ1v) is 8.82. The van der Waals surface area contributed by atoms with Crippen LogP contribution in [0.1, 0.15) is 5.56 Å². The van der Waals surface area contributed by atoms with Crippen LogP contribution in [0.3, 0.4) is 0 Å². The molecule has 29 heavy (non-hydrogen) atoms. The Hall–Kier alpha value is -3.30. The second-order valence-electron chi connectivity index (χ2n) is 6.43. The van der Waals surface area contributed by atoms with Crippen LogP contribution in [-0.2, 0) is 11.0 Å². The first-order valence-electron chi connectivity index (χ1n) is 8.82. The van der Waals surface area contributed by atoms with Crippen molar-refractivity contribution < 1.29 is 27.6 Å². The average Bonchev–Trinajstić information content (AvgIpc) is 2.71. The number of benzene rings is 2. The van der Waals surface area contributed by atoms with Crippen LogP contribution in [0.4, 0.5) is 24.5 Å². The normalized spacial score (nSPS) is 14.6. The van der Waals surface area contributed by atoms with Crippen LogP contribution in [0.25, 0.3) is 0 Å². The predicted molar refractivity (Wildman–Crippen MR) is 98.8 cm³/mol. The molecular weight excluding hydrogens is 391 g/mol. The van der Waals surface area contributed by atoms with Crippen molar-refractivity contribution in [1.82, 2.24) is 4.90 Å². The molecule has 10 heteroatoms. The van der Waals surface area contributed by atoms with E-state index in [1.807, 2.05) is 6.07 Å². The zero-order chi connectivity index (χ0) is 21.0. The van der Waals surface area contributed by atoms with Gasteiger partial charge in [0.15, 0.2) is 6.61 Å². The molecule has 1 saturated heterocycles. The molecule has 0 radical (unpaired) electrons. The van der Waals surface area contributed by atoms with Gasteiger partial charge in [-0.1, -0.05) is 18.2 Å². The summed E-state index contributed by atoms with van der Waals surface area (Å²) in [6.07, 6.45) is -4.66. The van der Waals surface area contributed by atoms with Crippen molar-refractivity contribution in [2.75, 3.05) is 37.7 Å². The molecule has 154 valence electrons. The average molecular weight is 409 g/mol. The van der Waals surface area contributed by atoms with Crippen LogP contribution in [0.5, 0.6) is 5.75 Å². The van der Waals surface area contributed by atoms with Gasteiger partial charge in [-0.15, -0.1) is 0 Å². The molecule has 0 aromatic heterocycles. The SMILES string of the molecule is O=C(COc1ccccc1)N1CCN(c2ccc(C(F)(F)F)cc2[N+](=O)[O-])CC1. The van der Waals surface area contributed by atoms with Gasteiger partial charge in [-0.3, -0.25) is 14.9 Å². The molecule has 1 heterocycles. The topological polar surface area (TPSA) is 75.9 Å². The van der Waals surface area contributed by atoms with Crippen molar-refractivity contribution in [3.05, 3.63) is 64.2 Å². The molecule has 0 spiro atoms. The number of nitrogens with zero attached hydrogens (tertiary/aromatic N) is 3. The molecule has 0 atom stereocenters. The Kier molecular flexibility index (Phi) is 5.90. The highest BCUT2D eigenvalue weighted by molar-refractivity contribution is 5.78. The van der Waals surface area contributed by atoms with Crippen molar-refractivity contribution in [2.45, 2.75) is 6.18 Å². The molecular formula is C19H18F3N3O4. The monoisotopic (exact) mass is 409 g/mol. The molecule has 0 saturated carbocycles. The van der Waals surface area contributed by atoms with Gasteiger partial charge in [0.1, 0.15) is 11.4 Å². The quantitative estimate of drug-likeness (QED) is 0.559. The van der Waals surface area contributed by atoms with Crippen LogP contribution in [-0.4, -0.2) is 48.5 Å². The van der Waals surface area contributed by atoms with Gasteiger partial charge >= 0.3 is 6.18 Å². The maximum absolute atomic E-state index is 12.8. The highest BCUT2D eigenvalue weighted by Gasteiger charge is 2.34. The summed E-state index contributed by atoms with van der Waals surface area (Å²) in [6, 6.07) is 11.3. The van der Waals surface area contributed by atoms with Crippen molar-refractivity contribution in [2.24, 2.45) is 0 Å². The van der Waals surface area contributed by atoms with Crippen LogP contribution in [0, 0.1) is 10.1 Å². The number of para-hydroxylation sites is 1. The minimum atomic E-state index is -4.66. The molecule has 0 unspecified atom stereocenters. The maximum Gasteiger partial charge on any atom is 0.416 e. The number of carbonyl (C=O) groups is 1. The number of hydrogen-bond acceptors (Lipinski definition) is 5. The largest absolute Gasteiger partial charge is 0.484 e. The fourth-order valence-electron chi connectivity index (χ4n) is 3.06. The van der Waals surface area contributed by atoms with Crippen molar-refractivity contribution in [1.29, 1.82) is 0 Å². The third-order valence-corrected chi connectivity index (χ3v) is 4.58. The summed E-state index contributed by atoms with van der Waals surface area (Å²) in [4.78, 5) is 25.9. The van der Waals surface area contributed by atoms with E-state index in [2.05, 4.69) is 0 Å². The van der Waals surface area contributed by atoms with Gasteiger partial charge in [0.05, 0.1) is 10.5 Å². The van der Waals surface area contributed by atoms with E-state index in [1.165, 1.54) is 0 Å². The summed E-state index contributed by atoms with van der Waals surface area (Å²) in [5.74, 6) is 0.343. The summed E-state index contributed by atoms with van der Waals surface area (Å²) in [7, 11) is 0. The molecule has 0 N–H and O–H groups in total. The number of hydrogen-bond donors (Lipinski definition) is 0. The molecule has 1 aliphatic rings. The smallest absolute Gasteiger partial charge is 0.416 e. The lowest BCUT2D eigenvalue weighted by atomic mass is 10.1. The van der Waals surface area contributed by atoms with E-state index in [0.29, 0.717) is 11.8 Å². The number of rotatable bonds is 5. The summed E-state index contributed by atoms with van der Waals surface area (Å²) in [5, 5.41) is 11.3. The Bertz CT molecular complexity index is 882. The molecule has 1 amide bonds.